The van der Waals surface area contributed by atoms with Crippen molar-refractivity contribution in [3.63, 3.8) is 0 Å². The van der Waals surface area contributed by atoms with Crippen molar-refractivity contribution >= 4 is 17.6 Å². The molecule has 2 aromatic carbocycles. The van der Waals surface area contributed by atoms with Crippen LogP contribution in [-0.4, -0.2) is 49.6 Å². The van der Waals surface area contributed by atoms with Gasteiger partial charge < -0.3 is 14.5 Å². The van der Waals surface area contributed by atoms with Gasteiger partial charge in [0.25, 0.3) is 5.91 Å². The van der Waals surface area contributed by atoms with Crippen LogP contribution >= 0.6 is 0 Å². The minimum absolute atomic E-state index is 0.0509. The van der Waals surface area contributed by atoms with Crippen molar-refractivity contribution in [3.8, 4) is 0 Å². The molecule has 1 N–H and O–H groups in total. The number of aryl methyl sites for hydroxylation is 2. The van der Waals surface area contributed by atoms with Crippen LogP contribution in [0.1, 0.15) is 41.9 Å². The van der Waals surface area contributed by atoms with E-state index in [9.17, 15) is 9.59 Å². The Balaban J connectivity index is 1.85. The number of quaternary nitrogens is 1. The van der Waals surface area contributed by atoms with Crippen LogP contribution in [0.2, 0.25) is 0 Å². The van der Waals surface area contributed by atoms with E-state index >= 15 is 0 Å². The molecule has 2 aromatic rings. The molecule has 0 radical (unpaired) electrons. The van der Waals surface area contributed by atoms with Gasteiger partial charge in [-0.05, 0) is 49.8 Å². The molecule has 0 bridgehead atoms. The van der Waals surface area contributed by atoms with Gasteiger partial charge in [-0.25, -0.2) is 4.79 Å². The van der Waals surface area contributed by atoms with Gasteiger partial charge in [-0.15, -0.1) is 0 Å². The van der Waals surface area contributed by atoms with E-state index in [1.54, 1.807) is 0 Å². The Labute approximate surface area is 179 Å². The second-order valence-corrected chi connectivity index (χ2v) is 8.56. The third kappa shape index (κ3) is 5.48. The summed E-state index contributed by atoms with van der Waals surface area (Å²) in [6, 6.07) is 16.4. The summed E-state index contributed by atoms with van der Waals surface area (Å²) in [5.41, 5.74) is 4.23. The molecule has 30 heavy (non-hydrogen) atoms. The van der Waals surface area contributed by atoms with Crippen LogP contribution in [0.25, 0.3) is 0 Å². The average molecular weight is 410 g/mol. The molecule has 0 spiro atoms. The molecule has 1 amide bonds. The lowest BCUT2D eigenvalue weighted by molar-refractivity contribution is -0.914. The molecule has 5 heteroatoms. The zero-order valence-corrected chi connectivity index (χ0v) is 18.3. The SMILES string of the molecule is COC(=O)C[N+]1(CC(=O)Nc2c(C)cccc2C)CCCCC(c2ccccc2)C1. The first kappa shape index (κ1) is 22.0. The smallest absolute Gasteiger partial charge is 0.361 e. The maximum atomic E-state index is 13.1. The van der Waals surface area contributed by atoms with Crippen LogP contribution in [0, 0.1) is 13.8 Å². The number of hydrogen-bond acceptors (Lipinski definition) is 3. The number of esters is 1. The lowest BCUT2D eigenvalue weighted by Crippen LogP contribution is -2.56. The standard InChI is InChI=1S/C25H32N2O3/c1-19-10-9-11-20(2)25(19)26-23(28)17-27(18-24(29)30-3)15-8-7-14-22(16-27)21-12-5-4-6-13-21/h4-6,9-13,22H,7-8,14-18H2,1-3H3/p+1. The van der Waals surface area contributed by atoms with Crippen molar-refractivity contribution in [1.29, 1.82) is 0 Å². The quantitative estimate of drug-likeness (QED) is 0.575. The monoisotopic (exact) mass is 409 g/mol. The maximum Gasteiger partial charge on any atom is 0.361 e. The van der Waals surface area contributed by atoms with E-state index in [1.165, 1.54) is 12.7 Å². The molecule has 1 saturated heterocycles. The number of benzene rings is 2. The van der Waals surface area contributed by atoms with Crippen molar-refractivity contribution in [2.24, 2.45) is 0 Å². The third-order valence-corrected chi connectivity index (χ3v) is 6.23. The van der Waals surface area contributed by atoms with Gasteiger partial charge in [0.2, 0.25) is 0 Å². The molecule has 1 fully saturated rings. The second kappa shape index (κ2) is 9.90. The van der Waals surface area contributed by atoms with Gasteiger partial charge in [-0.3, -0.25) is 4.79 Å². The average Bonchev–Trinajstić information content (AvgIpc) is 2.94. The molecule has 5 nitrogen and oxygen atoms in total. The normalized spacial score (nSPS) is 21.5. The molecule has 160 valence electrons. The predicted molar refractivity (Wildman–Crippen MR) is 119 cm³/mol. The zero-order valence-electron chi connectivity index (χ0n) is 18.3. The van der Waals surface area contributed by atoms with Crippen molar-refractivity contribution < 1.29 is 18.8 Å². The Morgan fingerprint density at radius 1 is 1.00 bits per heavy atom. The summed E-state index contributed by atoms with van der Waals surface area (Å²) in [4.78, 5) is 25.5. The first-order chi connectivity index (χ1) is 14.4. The summed E-state index contributed by atoms with van der Waals surface area (Å²) in [7, 11) is 1.42. The number of rotatable bonds is 6. The highest BCUT2D eigenvalue weighted by molar-refractivity contribution is 5.93. The number of carbonyl (C=O) groups excluding carboxylic acids is 2. The molecule has 0 aromatic heterocycles. The predicted octanol–water partition coefficient (Wildman–Crippen LogP) is 4.20. The molecule has 3 rings (SSSR count). The largest absolute Gasteiger partial charge is 0.465 e. The molecule has 1 aliphatic rings. The molecule has 2 atom stereocenters. The van der Waals surface area contributed by atoms with Gasteiger partial charge in [0, 0.05) is 11.6 Å². The number of anilines is 1. The number of methoxy groups -OCH3 is 1. The van der Waals surface area contributed by atoms with Crippen LogP contribution in [0.4, 0.5) is 5.69 Å². The minimum atomic E-state index is -0.261. The molecule has 0 aliphatic carbocycles. The lowest BCUT2D eigenvalue weighted by atomic mass is 9.94. The van der Waals surface area contributed by atoms with E-state index in [0.29, 0.717) is 10.4 Å². The Bertz CT molecular complexity index is 861. The van der Waals surface area contributed by atoms with Crippen molar-refractivity contribution in [2.45, 2.75) is 39.0 Å². The highest BCUT2D eigenvalue weighted by atomic mass is 16.5. The number of likely N-dealkylation sites (tertiary alicyclic amines) is 1. The lowest BCUT2D eigenvalue weighted by Gasteiger charge is -2.38. The number of ether oxygens (including phenoxy) is 1. The van der Waals surface area contributed by atoms with E-state index in [0.717, 1.165) is 49.2 Å². The fourth-order valence-electron chi connectivity index (χ4n) is 4.66. The third-order valence-electron chi connectivity index (χ3n) is 6.23. The summed E-state index contributed by atoms with van der Waals surface area (Å²) >= 11 is 0. The van der Waals surface area contributed by atoms with E-state index in [4.69, 9.17) is 4.74 Å². The van der Waals surface area contributed by atoms with Crippen LogP contribution in [-0.2, 0) is 14.3 Å². The van der Waals surface area contributed by atoms with Crippen LogP contribution < -0.4 is 5.32 Å². The van der Waals surface area contributed by atoms with E-state index < -0.39 is 0 Å². The number of para-hydroxylation sites is 1. The summed E-state index contributed by atoms with van der Waals surface area (Å²) in [5, 5.41) is 3.11. The van der Waals surface area contributed by atoms with Gasteiger partial charge in [-0.2, -0.15) is 0 Å². The molecular weight excluding hydrogens is 376 g/mol. The summed E-state index contributed by atoms with van der Waals surface area (Å²) < 4.78 is 5.45. The Kier molecular flexibility index (Phi) is 7.27. The van der Waals surface area contributed by atoms with Crippen LogP contribution in [0.15, 0.2) is 48.5 Å². The fraction of sp³-hybridized carbons (Fsp3) is 0.440. The first-order valence-electron chi connectivity index (χ1n) is 10.8. The van der Waals surface area contributed by atoms with Gasteiger partial charge in [0.15, 0.2) is 13.1 Å². The summed E-state index contributed by atoms with van der Waals surface area (Å²) in [6.45, 7) is 6.06. The van der Waals surface area contributed by atoms with Gasteiger partial charge in [-0.1, -0.05) is 48.5 Å². The second-order valence-electron chi connectivity index (χ2n) is 8.56. The number of nitrogens with one attached hydrogen (secondary N) is 1. The topological polar surface area (TPSA) is 55.4 Å². The number of carbonyl (C=O) groups is 2. The van der Waals surface area contributed by atoms with Crippen molar-refractivity contribution in [1.82, 2.24) is 0 Å². The first-order valence-corrected chi connectivity index (χ1v) is 10.8. The Hall–Kier alpha value is -2.66. The van der Waals surface area contributed by atoms with Gasteiger partial charge in [0.1, 0.15) is 0 Å². The zero-order chi connectivity index (χ0) is 21.6. The minimum Gasteiger partial charge on any atom is -0.465 e. The van der Waals surface area contributed by atoms with Crippen LogP contribution in [0.3, 0.4) is 0 Å². The Morgan fingerprint density at radius 3 is 2.37 bits per heavy atom. The summed E-state index contributed by atoms with van der Waals surface area (Å²) in [6.07, 6.45) is 3.17. The fourth-order valence-corrected chi connectivity index (χ4v) is 4.66. The number of hydrogen-bond donors (Lipinski definition) is 1. The molecule has 0 saturated carbocycles. The van der Waals surface area contributed by atoms with E-state index in [1.807, 2.05) is 38.1 Å². The molecular formula is C25H33N2O3+. The van der Waals surface area contributed by atoms with E-state index in [-0.39, 0.29) is 25.0 Å². The molecule has 1 heterocycles. The Morgan fingerprint density at radius 2 is 1.70 bits per heavy atom. The van der Waals surface area contributed by atoms with Gasteiger partial charge >= 0.3 is 5.97 Å². The van der Waals surface area contributed by atoms with E-state index in [2.05, 4.69) is 29.6 Å². The number of nitrogens with zero attached hydrogens (tertiary/aromatic N) is 1. The van der Waals surface area contributed by atoms with Crippen molar-refractivity contribution in [3.05, 3.63) is 65.2 Å². The number of amides is 1. The van der Waals surface area contributed by atoms with Gasteiger partial charge in [0.05, 0.1) is 20.2 Å². The maximum absolute atomic E-state index is 13.1. The highest BCUT2D eigenvalue weighted by Crippen LogP contribution is 2.31. The molecule has 2 unspecified atom stereocenters. The molecule has 1 aliphatic heterocycles. The highest BCUT2D eigenvalue weighted by Gasteiger charge is 2.38. The summed E-state index contributed by atoms with van der Waals surface area (Å²) in [5.74, 6) is 0.0138. The van der Waals surface area contributed by atoms with Crippen molar-refractivity contribution in [2.75, 3.05) is 38.6 Å². The van der Waals surface area contributed by atoms with Crippen LogP contribution in [0.5, 0.6) is 0 Å².